The molecule has 0 fully saturated rings. The number of aromatic nitrogens is 1. The van der Waals surface area contributed by atoms with Gasteiger partial charge in [-0.05, 0) is 24.1 Å². The van der Waals surface area contributed by atoms with Crippen molar-refractivity contribution in [1.82, 2.24) is 4.98 Å². The third kappa shape index (κ3) is 2.07. The third-order valence-electron chi connectivity index (χ3n) is 2.00. The fraction of sp³-hybridized carbons (Fsp3) is 0.545. The summed E-state index contributed by atoms with van der Waals surface area (Å²) in [5.74, 6) is 0. The van der Waals surface area contributed by atoms with Crippen LogP contribution < -0.4 is 0 Å². The Morgan fingerprint density at radius 1 is 1.33 bits per heavy atom. The summed E-state index contributed by atoms with van der Waals surface area (Å²) in [4.78, 5) is 4.36. The fourth-order valence-electron chi connectivity index (χ4n) is 1.10. The van der Waals surface area contributed by atoms with Gasteiger partial charge in [0.05, 0.1) is 0 Å². The Bertz CT molecular complexity index is 258. The van der Waals surface area contributed by atoms with Gasteiger partial charge in [0.2, 0.25) is 0 Å². The first-order chi connectivity index (χ1) is 5.54. The zero-order valence-corrected chi connectivity index (χ0v) is 8.39. The molecule has 0 atom stereocenters. The lowest BCUT2D eigenvalue weighted by Gasteiger charge is -2.17. The van der Waals surface area contributed by atoms with Crippen LogP contribution in [-0.2, 0) is 11.8 Å². The molecule has 0 spiro atoms. The van der Waals surface area contributed by atoms with E-state index < -0.39 is 0 Å². The van der Waals surface area contributed by atoms with Gasteiger partial charge in [-0.1, -0.05) is 27.7 Å². The molecule has 66 valence electrons. The van der Waals surface area contributed by atoms with Gasteiger partial charge < -0.3 is 0 Å². The molecule has 0 aliphatic carbocycles. The van der Waals surface area contributed by atoms with Crippen LogP contribution in [0.5, 0.6) is 0 Å². The van der Waals surface area contributed by atoms with Crippen molar-refractivity contribution >= 4 is 0 Å². The van der Waals surface area contributed by atoms with E-state index in [4.69, 9.17) is 0 Å². The van der Waals surface area contributed by atoms with E-state index in [0.29, 0.717) is 0 Å². The molecule has 12 heavy (non-hydrogen) atoms. The second-order valence-corrected chi connectivity index (χ2v) is 4.15. The van der Waals surface area contributed by atoms with E-state index in [-0.39, 0.29) is 5.41 Å². The van der Waals surface area contributed by atoms with Crippen molar-refractivity contribution in [3.8, 4) is 0 Å². The highest BCUT2D eigenvalue weighted by Crippen LogP contribution is 2.20. The van der Waals surface area contributed by atoms with Gasteiger partial charge in [-0.15, -0.1) is 0 Å². The molecule has 1 aromatic rings. The van der Waals surface area contributed by atoms with E-state index >= 15 is 0 Å². The van der Waals surface area contributed by atoms with Crippen molar-refractivity contribution in [2.24, 2.45) is 0 Å². The summed E-state index contributed by atoms with van der Waals surface area (Å²) in [5, 5.41) is 0. The number of pyridine rings is 1. The molecule has 0 saturated carbocycles. The minimum absolute atomic E-state index is 0.172. The Hall–Kier alpha value is -0.850. The van der Waals surface area contributed by atoms with Crippen molar-refractivity contribution in [2.45, 2.75) is 39.5 Å². The zero-order valence-electron chi connectivity index (χ0n) is 8.39. The van der Waals surface area contributed by atoms with Crippen molar-refractivity contribution in [3.05, 3.63) is 29.6 Å². The summed E-state index contributed by atoms with van der Waals surface area (Å²) >= 11 is 0. The Morgan fingerprint density at radius 2 is 2.00 bits per heavy atom. The second-order valence-electron chi connectivity index (χ2n) is 4.15. The summed E-state index contributed by atoms with van der Waals surface area (Å²) < 4.78 is 0. The Kier molecular flexibility index (Phi) is 2.51. The maximum absolute atomic E-state index is 4.36. The van der Waals surface area contributed by atoms with Gasteiger partial charge in [0, 0.05) is 17.3 Å². The maximum Gasteiger partial charge on any atom is 0.0459 e. The standard InChI is InChI=1S/C11H17N/c1-5-9-6-7-12-10(8-9)11(2,3)4/h6-8H,5H2,1-4H3. The normalized spacial score (nSPS) is 11.7. The second kappa shape index (κ2) is 3.26. The molecule has 0 saturated heterocycles. The van der Waals surface area contributed by atoms with Gasteiger partial charge in [0.25, 0.3) is 0 Å². The summed E-state index contributed by atoms with van der Waals surface area (Å²) in [6.45, 7) is 8.74. The van der Waals surface area contributed by atoms with Crippen LogP contribution in [-0.4, -0.2) is 4.98 Å². The van der Waals surface area contributed by atoms with Crippen LogP contribution in [0.3, 0.4) is 0 Å². The molecule has 1 aromatic heterocycles. The summed E-state index contributed by atoms with van der Waals surface area (Å²) in [5.41, 5.74) is 2.72. The highest BCUT2D eigenvalue weighted by Gasteiger charge is 2.14. The number of hydrogen-bond acceptors (Lipinski definition) is 1. The largest absolute Gasteiger partial charge is 0.261 e. The molecule has 0 aliphatic rings. The van der Waals surface area contributed by atoms with E-state index in [1.54, 1.807) is 0 Å². The average molecular weight is 163 g/mol. The first-order valence-corrected chi connectivity index (χ1v) is 4.49. The number of rotatable bonds is 1. The molecular formula is C11H17N. The predicted molar refractivity (Wildman–Crippen MR) is 52.3 cm³/mol. The smallest absolute Gasteiger partial charge is 0.0459 e. The Morgan fingerprint density at radius 3 is 2.50 bits per heavy atom. The van der Waals surface area contributed by atoms with E-state index in [1.807, 2.05) is 6.20 Å². The molecule has 0 amide bonds. The Balaban J connectivity index is 3.02. The van der Waals surface area contributed by atoms with Crippen LogP contribution in [0.1, 0.15) is 39.0 Å². The van der Waals surface area contributed by atoms with E-state index in [0.717, 1.165) is 6.42 Å². The van der Waals surface area contributed by atoms with Crippen molar-refractivity contribution in [1.29, 1.82) is 0 Å². The highest BCUT2D eigenvalue weighted by molar-refractivity contribution is 5.21. The minimum Gasteiger partial charge on any atom is -0.261 e. The van der Waals surface area contributed by atoms with Gasteiger partial charge in [-0.3, -0.25) is 4.98 Å². The van der Waals surface area contributed by atoms with Crippen molar-refractivity contribution < 1.29 is 0 Å². The zero-order chi connectivity index (χ0) is 9.19. The minimum atomic E-state index is 0.172. The SMILES string of the molecule is CCc1ccnc(C(C)(C)C)c1. The number of hydrogen-bond donors (Lipinski definition) is 0. The van der Waals surface area contributed by atoms with E-state index in [2.05, 4.69) is 44.8 Å². The maximum atomic E-state index is 4.36. The molecule has 0 radical (unpaired) electrons. The molecule has 0 bridgehead atoms. The molecule has 1 heteroatoms. The van der Waals surface area contributed by atoms with E-state index in [1.165, 1.54) is 11.3 Å². The highest BCUT2D eigenvalue weighted by atomic mass is 14.7. The van der Waals surface area contributed by atoms with Crippen LogP contribution in [0.4, 0.5) is 0 Å². The monoisotopic (exact) mass is 163 g/mol. The van der Waals surface area contributed by atoms with Gasteiger partial charge in [-0.25, -0.2) is 0 Å². The van der Waals surface area contributed by atoms with Crippen molar-refractivity contribution in [2.75, 3.05) is 0 Å². The number of aryl methyl sites for hydroxylation is 1. The van der Waals surface area contributed by atoms with Gasteiger partial charge in [0.15, 0.2) is 0 Å². The van der Waals surface area contributed by atoms with Crippen LogP contribution in [0.15, 0.2) is 18.3 Å². The molecule has 0 aromatic carbocycles. The molecule has 1 heterocycles. The lowest BCUT2D eigenvalue weighted by molar-refractivity contribution is 0.568. The van der Waals surface area contributed by atoms with Crippen LogP contribution in [0.2, 0.25) is 0 Å². The third-order valence-corrected chi connectivity index (χ3v) is 2.00. The number of nitrogens with zero attached hydrogens (tertiary/aromatic N) is 1. The summed E-state index contributed by atoms with van der Waals surface area (Å²) in [7, 11) is 0. The fourth-order valence-corrected chi connectivity index (χ4v) is 1.10. The first kappa shape index (κ1) is 9.24. The van der Waals surface area contributed by atoms with Gasteiger partial charge >= 0.3 is 0 Å². The lowest BCUT2D eigenvalue weighted by Crippen LogP contribution is -2.13. The first-order valence-electron chi connectivity index (χ1n) is 4.49. The molecule has 0 aliphatic heterocycles. The lowest BCUT2D eigenvalue weighted by atomic mass is 9.90. The Labute approximate surface area is 74.8 Å². The predicted octanol–water partition coefficient (Wildman–Crippen LogP) is 2.94. The molecular weight excluding hydrogens is 146 g/mol. The summed E-state index contributed by atoms with van der Waals surface area (Å²) in [6, 6.07) is 4.27. The van der Waals surface area contributed by atoms with Gasteiger partial charge in [0.1, 0.15) is 0 Å². The van der Waals surface area contributed by atoms with Crippen LogP contribution >= 0.6 is 0 Å². The van der Waals surface area contributed by atoms with Gasteiger partial charge in [-0.2, -0.15) is 0 Å². The molecule has 0 unspecified atom stereocenters. The quantitative estimate of drug-likeness (QED) is 0.620. The molecule has 1 rings (SSSR count). The molecule has 0 N–H and O–H groups in total. The van der Waals surface area contributed by atoms with Crippen molar-refractivity contribution in [3.63, 3.8) is 0 Å². The van der Waals surface area contributed by atoms with Crippen LogP contribution in [0, 0.1) is 0 Å². The van der Waals surface area contributed by atoms with Crippen LogP contribution in [0.25, 0.3) is 0 Å². The summed E-state index contributed by atoms with van der Waals surface area (Å²) in [6.07, 6.45) is 2.99. The van der Waals surface area contributed by atoms with E-state index in [9.17, 15) is 0 Å². The average Bonchev–Trinajstić information content (AvgIpc) is 2.03. The molecule has 1 nitrogen and oxygen atoms in total. The topological polar surface area (TPSA) is 12.9 Å².